The van der Waals surface area contributed by atoms with Crippen LogP contribution in [0.5, 0.6) is 5.75 Å². The Labute approximate surface area is 169 Å². The molecule has 29 heavy (non-hydrogen) atoms. The van der Waals surface area contributed by atoms with Gasteiger partial charge in [0.15, 0.2) is 0 Å². The van der Waals surface area contributed by atoms with Gasteiger partial charge in [-0.2, -0.15) is 4.98 Å². The zero-order valence-corrected chi connectivity index (χ0v) is 16.4. The molecule has 1 aliphatic rings. The third kappa shape index (κ3) is 4.56. The SMILES string of the molecule is COc1ccc(CNC(=O)C2CCN(c3noc(-c4ccccc4)n3)CC2)cc1. The van der Waals surface area contributed by atoms with Gasteiger partial charge in [0.25, 0.3) is 11.8 Å². The van der Waals surface area contributed by atoms with Gasteiger partial charge in [-0.3, -0.25) is 4.79 Å². The maximum absolute atomic E-state index is 12.5. The second kappa shape index (κ2) is 8.77. The molecule has 0 unspecified atom stereocenters. The number of carbonyl (C=O) groups excluding carboxylic acids is 1. The number of rotatable bonds is 6. The Morgan fingerprint density at radius 1 is 1.14 bits per heavy atom. The summed E-state index contributed by atoms with van der Waals surface area (Å²) in [5.41, 5.74) is 1.95. The first-order valence-corrected chi connectivity index (χ1v) is 9.77. The topological polar surface area (TPSA) is 80.5 Å². The molecule has 7 nitrogen and oxygen atoms in total. The quantitative estimate of drug-likeness (QED) is 0.693. The van der Waals surface area contributed by atoms with Crippen LogP contribution >= 0.6 is 0 Å². The number of piperidine rings is 1. The van der Waals surface area contributed by atoms with Crippen molar-refractivity contribution in [3.8, 4) is 17.2 Å². The highest BCUT2D eigenvalue weighted by atomic mass is 16.5. The minimum absolute atomic E-state index is 0.00462. The summed E-state index contributed by atoms with van der Waals surface area (Å²) in [6, 6.07) is 17.4. The van der Waals surface area contributed by atoms with Crippen LogP contribution in [0.25, 0.3) is 11.5 Å². The molecule has 0 spiro atoms. The summed E-state index contributed by atoms with van der Waals surface area (Å²) < 4.78 is 10.5. The van der Waals surface area contributed by atoms with E-state index in [1.807, 2.05) is 54.6 Å². The average Bonchev–Trinajstić information content (AvgIpc) is 3.29. The molecule has 0 radical (unpaired) electrons. The predicted molar refractivity (Wildman–Crippen MR) is 110 cm³/mol. The van der Waals surface area contributed by atoms with E-state index in [1.165, 1.54) is 0 Å². The van der Waals surface area contributed by atoms with E-state index in [0.29, 0.717) is 18.4 Å². The Morgan fingerprint density at radius 3 is 2.55 bits per heavy atom. The molecule has 0 aliphatic carbocycles. The van der Waals surface area contributed by atoms with Crippen molar-refractivity contribution in [2.75, 3.05) is 25.1 Å². The fourth-order valence-electron chi connectivity index (χ4n) is 3.46. The van der Waals surface area contributed by atoms with Gasteiger partial charge in [-0.25, -0.2) is 0 Å². The van der Waals surface area contributed by atoms with E-state index < -0.39 is 0 Å². The van der Waals surface area contributed by atoms with E-state index in [1.54, 1.807) is 7.11 Å². The fourth-order valence-corrected chi connectivity index (χ4v) is 3.46. The summed E-state index contributed by atoms with van der Waals surface area (Å²) in [5, 5.41) is 7.14. The second-order valence-corrected chi connectivity index (χ2v) is 7.09. The zero-order valence-electron chi connectivity index (χ0n) is 16.4. The van der Waals surface area contributed by atoms with Crippen molar-refractivity contribution in [2.45, 2.75) is 19.4 Å². The van der Waals surface area contributed by atoms with Crippen LogP contribution in [-0.4, -0.2) is 36.2 Å². The molecule has 0 bridgehead atoms. The van der Waals surface area contributed by atoms with Gasteiger partial charge in [0, 0.05) is 31.1 Å². The predicted octanol–water partition coefficient (Wildman–Crippen LogP) is 3.28. The van der Waals surface area contributed by atoms with E-state index in [4.69, 9.17) is 9.26 Å². The number of ether oxygens (including phenoxy) is 1. The van der Waals surface area contributed by atoms with Crippen LogP contribution in [0, 0.1) is 5.92 Å². The lowest BCUT2D eigenvalue weighted by Crippen LogP contribution is -2.40. The lowest BCUT2D eigenvalue weighted by atomic mass is 9.96. The van der Waals surface area contributed by atoms with Crippen LogP contribution in [-0.2, 0) is 11.3 Å². The number of amides is 1. The van der Waals surface area contributed by atoms with Crippen LogP contribution < -0.4 is 15.0 Å². The second-order valence-electron chi connectivity index (χ2n) is 7.09. The van der Waals surface area contributed by atoms with E-state index in [2.05, 4.69) is 20.4 Å². The highest BCUT2D eigenvalue weighted by Crippen LogP contribution is 2.24. The summed E-state index contributed by atoms with van der Waals surface area (Å²) in [4.78, 5) is 19.1. The molecular formula is C22H24N4O3. The van der Waals surface area contributed by atoms with Gasteiger partial charge in [-0.15, -0.1) is 0 Å². The van der Waals surface area contributed by atoms with Crippen LogP contribution in [0.4, 0.5) is 5.95 Å². The van der Waals surface area contributed by atoms with Gasteiger partial charge in [-0.05, 0) is 47.8 Å². The normalized spacial score (nSPS) is 14.6. The first kappa shape index (κ1) is 19.0. The van der Waals surface area contributed by atoms with Crippen molar-refractivity contribution in [1.29, 1.82) is 0 Å². The number of carbonyl (C=O) groups is 1. The van der Waals surface area contributed by atoms with Crippen LogP contribution in [0.3, 0.4) is 0 Å². The highest BCUT2D eigenvalue weighted by Gasteiger charge is 2.27. The zero-order chi connectivity index (χ0) is 20.1. The number of nitrogens with zero attached hydrogens (tertiary/aromatic N) is 3. The monoisotopic (exact) mass is 392 g/mol. The van der Waals surface area contributed by atoms with Crippen molar-refractivity contribution in [3.63, 3.8) is 0 Å². The highest BCUT2D eigenvalue weighted by molar-refractivity contribution is 5.79. The molecule has 150 valence electrons. The van der Waals surface area contributed by atoms with E-state index in [-0.39, 0.29) is 11.8 Å². The van der Waals surface area contributed by atoms with Crippen molar-refractivity contribution >= 4 is 11.9 Å². The lowest BCUT2D eigenvalue weighted by Gasteiger charge is -2.30. The first-order chi connectivity index (χ1) is 14.2. The summed E-state index contributed by atoms with van der Waals surface area (Å²) in [6.45, 7) is 1.98. The lowest BCUT2D eigenvalue weighted by molar-refractivity contribution is -0.125. The molecule has 2 heterocycles. The van der Waals surface area contributed by atoms with Crippen LogP contribution in [0.1, 0.15) is 18.4 Å². The largest absolute Gasteiger partial charge is 0.497 e. The number of methoxy groups -OCH3 is 1. The Bertz CT molecular complexity index is 932. The molecule has 7 heteroatoms. The molecule has 4 rings (SSSR count). The molecule has 1 aliphatic heterocycles. The summed E-state index contributed by atoms with van der Waals surface area (Å²) >= 11 is 0. The standard InChI is InChI=1S/C22H24N4O3/c1-28-19-9-7-16(8-10-19)15-23-20(27)17-11-13-26(14-12-17)22-24-21(29-25-22)18-5-3-2-4-6-18/h2-10,17H,11-15H2,1H3,(H,23,27). The summed E-state index contributed by atoms with van der Waals surface area (Å²) in [6.07, 6.45) is 1.54. The van der Waals surface area contributed by atoms with Gasteiger partial charge in [-0.1, -0.05) is 30.3 Å². The Morgan fingerprint density at radius 2 is 1.86 bits per heavy atom. The molecule has 3 aromatic rings. The number of nitrogens with one attached hydrogen (secondary N) is 1. The fraction of sp³-hybridized carbons (Fsp3) is 0.318. The van der Waals surface area contributed by atoms with E-state index in [0.717, 1.165) is 42.8 Å². The molecule has 1 fully saturated rings. The Hall–Kier alpha value is -3.35. The van der Waals surface area contributed by atoms with Crippen molar-refractivity contribution < 1.29 is 14.1 Å². The minimum atomic E-state index is 0.00462. The third-order valence-electron chi connectivity index (χ3n) is 5.21. The van der Waals surface area contributed by atoms with Gasteiger partial charge in [0.2, 0.25) is 5.91 Å². The molecule has 1 amide bonds. The van der Waals surface area contributed by atoms with E-state index >= 15 is 0 Å². The molecule has 0 saturated carbocycles. The van der Waals surface area contributed by atoms with Crippen LogP contribution in [0.2, 0.25) is 0 Å². The van der Waals surface area contributed by atoms with Gasteiger partial charge in [0.1, 0.15) is 5.75 Å². The van der Waals surface area contributed by atoms with Crippen molar-refractivity contribution in [3.05, 3.63) is 60.2 Å². The molecule has 1 saturated heterocycles. The third-order valence-corrected chi connectivity index (χ3v) is 5.21. The first-order valence-electron chi connectivity index (χ1n) is 9.77. The number of aromatic nitrogens is 2. The van der Waals surface area contributed by atoms with Crippen molar-refractivity contribution in [1.82, 2.24) is 15.5 Å². The average molecular weight is 392 g/mol. The Balaban J connectivity index is 1.27. The summed E-state index contributed by atoms with van der Waals surface area (Å²) in [5.74, 6) is 2.01. The molecule has 1 N–H and O–H groups in total. The summed E-state index contributed by atoms with van der Waals surface area (Å²) in [7, 11) is 1.64. The van der Waals surface area contributed by atoms with E-state index in [9.17, 15) is 4.79 Å². The molecule has 1 aromatic heterocycles. The van der Waals surface area contributed by atoms with Crippen molar-refractivity contribution in [2.24, 2.45) is 5.92 Å². The molecular weight excluding hydrogens is 368 g/mol. The van der Waals surface area contributed by atoms with Gasteiger partial charge < -0.3 is 19.5 Å². The van der Waals surface area contributed by atoms with Gasteiger partial charge >= 0.3 is 0 Å². The smallest absolute Gasteiger partial charge is 0.266 e. The minimum Gasteiger partial charge on any atom is -0.497 e. The maximum Gasteiger partial charge on any atom is 0.266 e. The van der Waals surface area contributed by atoms with Crippen LogP contribution in [0.15, 0.2) is 59.1 Å². The number of anilines is 1. The molecule has 0 atom stereocenters. The number of hydrogen-bond acceptors (Lipinski definition) is 6. The van der Waals surface area contributed by atoms with Gasteiger partial charge in [0.05, 0.1) is 7.11 Å². The molecule has 2 aromatic carbocycles. The number of hydrogen-bond donors (Lipinski definition) is 1. The number of benzene rings is 2. The Kier molecular flexibility index (Phi) is 5.74. The maximum atomic E-state index is 12.5.